The second-order valence-corrected chi connectivity index (χ2v) is 4.07. The smallest absolute Gasteiger partial charge is 0.337 e. The molecule has 9 nitrogen and oxygen atoms in total. The second kappa shape index (κ2) is 5.97. The number of tetrazole rings is 1. The number of urea groups is 1. The van der Waals surface area contributed by atoms with Gasteiger partial charge in [0.25, 0.3) is 0 Å². The molecule has 0 aliphatic carbocycles. The molecule has 4 N–H and O–H groups in total. The van der Waals surface area contributed by atoms with E-state index in [-0.39, 0.29) is 22.8 Å². The summed E-state index contributed by atoms with van der Waals surface area (Å²) in [6.45, 7) is 0.0539. The van der Waals surface area contributed by atoms with E-state index in [1.54, 1.807) is 0 Å². The second-order valence-electron chi connectivity index (χ2n) is 3.63. The van der Waals surface area contributed by atoms with Crippen LogP contribution in [0.15, 0.2) is 18.2 Å². The molecule has 1 heterocycles. The Labute approximate surface area is 117 Å². The fourth-order valence-electron chi connectivity index (χ4n) is 1.39. The fraction of sp³-hybridized carbons (Fsp3) is 0.100. The average Bonchev–Trinajstić information content (AvgIpc) is 2.91. The van der Waals surface area contributed by atoms with Crippen LogP contribution in [0.3, 0.4) is 0 Å². The van der Waals surface area contributed by atoms with Gasteiger partial charge in [-0.3, -0.25) is 0 Å². The van der Waals surface area contributed by atoms with Crippen LogP contribution in [0.1, 0.15) is 16.2 Å². The maximum absolute atomic E-state index is 11.6. The van der Waals surface area contributed by atoms with Gasteiger partial charge in [-0.05, 0) is 18.2 Å². The van der Waals surface area contributed by atoms with Gasteiger partial charge in [-0.25, -0.2) is 9.59 Å². The first kappa shape index (κ1) is 13.7. The molecule has 20 heavy (non-hydrogen) atoms. The standard InChI is InChI=1S/C10H9ClN6O3/c11-5-1-2-7(6(3-5)9(18)19)13-10(20)12-4-8-14-16-17-15-8/h1-3H,4H2,(H,18,19)(H2,12,13,20)(H,14,15,16,17). The number of amides is 2. The van der Waals surface area contributed by atoms with E-state index < -0.39 is 12.0 Å². The van der Waals surface area contributed by atoms with Gasteiger partial charge < -0.3 is 15.7 Å². The number of carbonyl (C=O) groups is 2. The molecule has 1 aromatic carbocycles. The monoisotopic (exact) mass is 296 g/mol. The number of H-pyrrole nitrogens is 1. The third-order valence-corrected chi connectivity index (χ3v) is 2.49. The van der Waals surface area contributed by atoms with Crippen LogP contribution in [0.25, 0.3) is 0 Å². The number of carboxylic acid groups (broad SMARTS) is 1. The third-order valence-electron chi connectivity index (χ3n) is 2.26. The van der Waals surface area contributed by atoms with Crippen molar-refractivity contribution in [2.75, 3.05) is 5.32 Å². The van der Waals surface area contributed by atoms with E-state index in [2.05, 4.69) is 31.3 Å². The zero-order chi connectivity index (χ0) is 14.5. The Balaban J connectivity index is 2.02. The van der Waals surface area contributed by atoms with Gasteiger partial charge in [0, 0.05) is 5.02 Å². The Morgan fingerprint density at radius 3 is 2.85 bits per heavy atom. The summed E-state index contributed by atoms with van der Waals surface area (Å²) in [5, 5.41) is 27.0. The Bertz CT molecular complexity index is 630. The number of carbonyl (C=O) groups excluding carboxylic acids is 1. The van der Waals surface area contributed by atoms with Crippen molar-refractivity contribution in [1.29, 1.82) is 0 Å². The van der Waals surface area contributed by atoms with Crippen molar-refractivity contribution in [2.45, 2.75) is 6.54 Å². The number of hydrogen-bond donors (Lipinski definition) is 4. The fourth-order valence-corrected chi connectivity index (χ4v) is 1.56. The number of halogens is 1. The molecule has 104 valence electrons. The summed E-state index contributed by atoms with van der Waals surface area (Å²) in [6, 6.07) is 3.53. The number of rotatable bonds is 4. The molecular weight excluding hydrogens is 288 g/mol. The van der Waals surface area contributed by atoms with Crippen LogP contribution in [-0.4, -0.2) is 37.7 Å². The normalized spacial score (nSPS) is 10.1. The topological polar surface area (TPSA) is 133 Å². The van der Waals surface area contributed by atoms with Crippen molar-refractivity contribution in [3.05, 3.63) is 34.6 Å². The van der Waals surface area contributed by atoms with Gasteiger partial charge in [0.2, 0.25) is 0 Å². The summed E-state index contributed by atoms with van der Waals surface area (Å²) in [4.78, 5) is 22.7. The maximum atomic E-state index is 11.6. The molecule has 0 atom stereocenters. The third kappa shape index (κ3) is 3.42. The van der Waals surface area contributed by atoms with Crippen LogP contribution in [0.5, 0.6) is 0 Å². The lowest BCUT2D eigenvalue weighted by Gasteiger charge is -2.09. The number of hydrogen-bond acceptors (Lipinski definition) is 5. The number of carboxylic acids is 1. The summed E-state index contributed by atoms with van der Waals surface area (Å²) >= 11 is 5.71. The molecule has 0 aliphatic heterocycles. The number of nitrogens with zero attached hydrogens (tertiary/aromatic N) is 3. The highest BCUT2D eigenvalue weighted by atomic mass is 35.5. The van der Waals surface area contributed by atoms with Crippen molar-refractivity contribution in [3.8, 4) is 0 Å². The molecule has 2 aromatic rings. The summed E-state index contributed by atoms with van der Waals surface area (Å²) in [5.41, 5.74) is 0.0275. The summed E-state index contributed by atoms with van der Waals surface area (Å²) in [5.74, 6) is -0.893. The Morgan fingerprint density at radius 2 is 2.20 bits per heavy atom. The lowest BCUT2D eigenvalue weighted by molar-refractivity contribution is 0.0698. The molecule has 1 aromatic heterocycles. The molecular formula is C10H9ClN6O3. The molecule has 0 bridgehead atoms. The number of aromatic nitrogens is 4. The predicted octanol–water partition coefficient (Wildman–Crippen LogP) is 0.873. The van der Waals surface area contributed by atoms with E-state index in [0.29, 0.717) is 5.82 Å². The summed E-state index contributed by atoms with van der Waals surface area (Å²) < 4.78 is 0. The van der Waals surface area contributed by atoms with Gasteiger partial charge in [-0.1, -0.05) is 16.8 Å². The largest absolute Gasteiger partial charge is 0.478 e. The number of benzene rings is 1. The van der Waals surface area contributed by atoms with Crippen molar-refractivity contribution in [2.24, 2.45) is 0 Å². The highest BCUT2D eigenvalue weighted by Gasteiger charge is 2.13. The van der Waals surface area contributed by atoms with E-state index in [4.69, 9.17) is 16.7 Å². The van der Waals surface area contributed by atoms with Gasteiger partial charge >= 0.3 is 12.0 Å². The van der Waals surface area contributed by atoms with Crippen LogP contribution in [0.2, 0.25) is 5.02 Å². The molecule has 2 rings (SSSR count). The zero-order valence-electron chi connectivity index (χ0n) is 9.92. The summed E-state index contributed by atoms with van der Waals surface area (Å²) in [7, 11) is 0. The van der Waals surface area contributed by atoms with E-state index in [1.807, 2.05) is 0 Å². The molecule has 0 saturated carbocycles. The van der Waals surface area contributed by atoms with E-state index in [9.17, 15) is 9.59 Å². The van der Waals surface area contributed by atoms with Gasteiger partial charge in [-0.15, -0.1) is 10.2 Å². The quantitative estimate of drug-likeness (QED) is 0.661. The number of aromatic amines is 1. The minimum atomic E-state index is -1.19. The molecule has 0 spiro atoms. The lowest BCUT2D eigenvalue weighted by atomic mass is 10.2. The molecule has 2 amide bonds. The van der Waals surface area contributed by atoms with Gasteiger partial charge in [-0.2, -0.15) is 5.21 Å². The highest BCUT2D eigenvalue weighted by molar-refractivity contribution is 6.31. The van der Waals surface area contributed by atoms with Crippen molar-refractivity contribution < 1.29 is 14.7 Å². The molecule has 0 unspecified atom stereocenters. The zero-order valence-corrected chi connectivity index (χ0v) is 10.7. The minimum Gasteiger partial charge on any atom is -0.478 e. The maximum Gasteiger partial charge on any atom is 0.337 e. The van der Waals surface area contributed by atoms with E-state index in [1.165, 1.54) is 18.2 Å². The number of nitrogens with one attached hydrogen (secondary N) is 3. The van der Waals surface area contributed by atoms with Crippen LogP contribution < -0.4 is 10.6 Å². The van der Waals surface area contributed by atoms with Crippen LogP contribution in [-0.2, 0) is 6.54 Å². The van der Waals surface area contributed by atoms with E-state index >= 15 is 0 Å². The molecule has 0 saturated heterocycles. The lowest BCUT2D eigenvalue weighted by Crippen LogP contribution is -2.29. The first-order chi connectivity index (χ1) is 9.56. The molecule has 0 aliphatic rings. The Hall–Kier alpha value is -2.68. The first-order valence-electron chi connectivity index (χ1n) is 5.36. The van der Waals surface area contributed by atoms with Gasteiger partial charge in [0.05, 0.1) is 17.8 Å². The van der Waals surface area contributed by atoms with Crippen molar-refractivity contribution in [1.82, 2.24) is 25.9 Å². The Morgan fingerprint density at radius 1 is 1.40 bits per heavy atom. The number of anilines is 1. The Kier molecular flexibility index (Phi) is 4.11. The molecule has 0 radical (unpaired) electrons. The average molecular weight is 297 g/mol. The van der Waals surface area contributed by atoms with E-state index in [0.717, 1.165) is 0 Å². The van der Waals surface area contributed by atoms with Crippen molar-refractivity contribution in [3.63, 3.8) is 0 Å². The van der Waals surface area contributed by atoms with Crippen LogP contribution in [0, 0.1) is 0 Å². The SMILES string of the molecule is O=C(NCc1nn[nH]n1)Nc1ccc(Cl)cc1C(=O)O. The van der Waals surface area contributed by atoms with Gasteiger partial charge in [0.1, 0.15) is 0 Å². The molecule has 10 heteroatoms. The predicted molar refractivity (Wildman–Crippen MR) is 68.4 cm³/mol. The minimum absolute atomic E-state index is 0.0539. The van der Waals surface area contributed by atoms with Gasteiger partial charge in [0.15, 0.2) is 5.82 Å². The number of aromatic carboxylic acids is 1. The van der Waals surface area contributed by atoms with Crippen LogP contribution >= 0.6 is 11.6 Å². The first-order valence-corrected chi connectivity index (χ1v) is 5.74. The molecule has 0 fully saturated rings. The van der Waals surface area contributed by atoms with Crippen LogP contribution in [0.4, 0.5) is 10.5 Å². The highest BCUT2D eigenvalue weighted by Crippen LogP contribution is 2.20. The summed E-state index contributed by atoms with van der Waals surface area (Å²) in [6.07, 6.45) is 0. The van der Waals surface area contributed by atoms with Crippen molar-refractivity contribution >= 4 is 29.3 Å².